The molecule has 1 atom stereocenters. The monoisotopic (exact) mass is 501 g/mol. The Morgan fingerprint density at radius 2 is 2.00 bits per heavy atom. The molecule has 178 valence electrons. The number of methoxy groups -OCH3 is 1. The fourth-order valence-corrected chi connectivity index (χ4v) is 3.68. The van der Waals surface area contributed by atoms with Gasteiger partial charge in [-0.05, 0) is 55.6 Å². The summed E-state index contributed by atoms with van der Waals surface area (Å²) in [6.45, 7) is 3.24. The van der Waals surface area contributed by atoms with Crippen LogP contribution in [0.4, 0.5) is 4.39 Å². The third-order valence-electron chi connectivity index (χ3n) is 5.39. The van der Waals surface area contributed by atoms with E-state index in [4.69, 9.17) is 14.6 Å². The average Bonchev–Trinajstić information content (AvgIpc) is 3.41. The number of ether oxygens (including phenoxy) is 2. The molecule has 1 fully saturated rings. The molecule has 0 amide bonds. The summed E-state index contributed by atoms with van der Waals surface area (Å²) >= 11 is 0. The van der Waals surface area contributed by atoms with E-state index in [-0.39, 0.29) is 69.0 Å². The summed E-state index contributed by atoms with van der Waals surface area (Å²) in [7, 11) is 1.48. The van der Waals surface area contributed by atoms with Gasteiger partial charge in [-0.2, -0.15) is 30.3 Å². The molecule has 35 heavy (non-hydrogen) atoms. The number of aliphatic carboxylic acids is 1. The Kier molecular flexibility index (Phi) is 12.7. The van der Waals surface area contributed by atoms with E-state index in [1.54, 1.807) is 6.07 Å². The number of carboxylic acid groups (broad SMARTS) is 1. The van der Waals surface area contributed by atoms with Gasteiger partial charge in [-0.1, -0.05) is 30.4 Å². The Labute approximate surface area is 248 Å². The molecule has 1 aliphatic rings. The van der Waals surface area contributed by atoms with Crippen molar-refractivity contribution in [3.8, 4) is 22.6 Å². The topological polar surface area (TPSA) is 67.8 Å². The number of carboxylic acids is 1. The number of nitrogens with one attached hydrogen (secondary N) is 1. The van der Waals surface area contributed by atoms with Crippen molar-refractivity contribution in [1.82, 2.24) is 5.32 Å². The van der Waals surface area contributed by atoms with E-state index in [0.717, 1.165) is 47.4 Å². The number of carbonyl (C=O) groups is 1. The van der Waals surface area contributed by atoms with Gasteiger partial charge in [-0.3, -0.25) is 4.79 Å². The molecule has 5 nitrogen and oxygen atoms in total. The Balaban J connectivity index is 0.000000409. The third kappa shape index (κ3) is 8.56. The summed E-state index contributed by atoms with van der Waals surface area (Å²) in [4.78, 5) is 10.1. The molecule has 1 saturated heterocycles. The van der Waals surface area contributed by atoms with Gasteiger partial charge in [-0.25, -0.2) is 4.39 Å². The first-order chi connectivity index (χ1) is 16.5. The minimum atomic E-state index is -0.720. The van der Waals surface area contributed by atoms with Crippen molar-refractivity contribution >= 4 is 12.0 Å². The van der Waals surface area contributed by atoms with Crippen molar-refractivity contribution in [2.24, 2.45) is 0 Å². The fourth-order valence-electron chi connectivity index (χ4n) is 3.68. The fraction of sp³-hybridized carbons (Fsp3) is 0.250. The Hall–Kier alpha value is -2.00. The van der Waals surface area contributed by atoms with Crippen molar-refractivity contribution in [3.05, 3.63) is 89.8 Å². The summed E-state index contributed by atoms with van der Waals surface area (Å²) in [5.41, 5.74) is 3.67. The van der Waals surface area contributed by atoms with Crippen molar-refractivity contribution in [2.75, 3.05) is 13.7 Å². The molecule has 0 radical (unpaired) electrons. The summed E-state index contributed by atoms with van der Waals surface area (Å²) in [5, 5.41) is 11.2. The van der Waals surface area contributed by atoms with Crippen molar-refractivity contribution in [1.29, 1.82) is 0 Å². The van der Waals surface area contributed by atoms with Crippen LogP contribution in [-0.4, -0.2) is 30.8 Å². The molecule has 0 aliphatic carbocycles. The Morgan fingerprint density at radius 3 is 2.54 bits per heavy atom. The first-order valence-electron chi connectivity index (χ1n) is 11.2. The zero-order valence-corrected chi connectivity index (χ0v) is 23.5. The SMILES string of the molecule is C/C=C\c1c(-c2ccc(OCc3c[c-]ccc3)cc2)ccc(F)c1OC.O=C(O)C1CCCN1.[K+]. The molecule has 1 heterocycles. The van der Waals surface area contributed by atoms with Crippen LogP contribution in [0.15, 0.2) is 66.7 Å². The predicted molar refractivity (Wildman–Crippen MR) is 131 cm³/mol. The molecule has 3 aromatic carbocycles. The zero-order valence-electron chi connectivity index (χ0n) is 20.4. The van der Waals surface area contributed by atoms with Gasteiger partial charge >= 0.3 is 57.4 Å². The molecule has 0 bridgehead atoms. The second-order valence-corrected chi connectivity index (χ2v) is 7.75. The first kappa shape index (κ1) is 29.2. The number of hydrogen-bond acceptors (Lipinski definition) is 4. The number of halogens is 1. The second kappa shape index (κ2) is 15.2. The van der Waals surface area contributed by atoms with Gasteiger partial charge in [0.15, 0.2) is 11.6 Å². The van der Waals surface area contributed by atoms with Gasteiger partial charge < -0.3 is 19.9 Å². The summed E-state index contributed by atoms with van der Waals surface area (Å²) in [6.07, 6.45) is 5.51. The summed E-state index contributed by atoms with van der Waals surface area (Å²) < 4.78 is 25.1. The smallest absolute Gasteiger partial charge is 0.501 e. The minimum Gasteiger partial charge on any atom is -0.501 e. The molecule has 3 aromatic rings. The largest absolute Gasteiger partial charge is 1.00 e. The quantitative estimate of drug-likeness (QED) is 0.385. The standard InChI is InChI=1S/C23H20FO2.C5H9NO2.K/c1-3-7-21-20(14-15-22(24)23(21)25-2)18-10-12-19(13-11-18)26-16-17-8-5-4-6-9-17;7-5(8)4-2-1-3-6-4;/h3-5,7-15H,16H2,1-2H3;4,6H,1-3H2,(H,7,8);/q-1;;+1/b7-3-;;. The first-order valence-corrected chi connectivity index (χ1v) is 11.2. The van der Waals surface area contributed by atoms with E-state index < -0.39 is 5.97 Å². The van der Waals surface area contributed by atoms with Gasteiger partial charge in [-0.15, -0.1) is 5.56 Å². The minimum absolute atomic E-state index is 0. The van der Waals surface area contributed by atoms with Crippen molar-refractivity contribution in [3.63, 3.8) is 0 Å². The summed E-state index contributed by atoms with van der Waals surface area (Å²) in [5.74, 6) is -0.0630. The molecule has 4 rings (SSSR count). The second-order valence-electron chi connectivity index (χ2n) is 7.75. The molecule has 2 N–H and O–H groups in total. The molecule has 0 aromatic heterocycles. The Morgan fingerprint density at radius 1 is 1.23 bits per heavy atom. The molecule has 1 unspecified atom stereocenters. The van der Waals surface area contributed by atoms with Crippen molar-refractivity contribution < 1.29 is 75.1 Å². The van der Waals surface area contributed by atoms with Crippen LogP contribution in [0.2, 0.25) is 0 Å². The van der Waals surface area contributed by atoms with Crippen LogP contribution in [0.3, 0.4) is 0 Å². The molecule has 0 saturated carbocycles. The van der Waals surface area contributed by atoms with Crippen LogP contribution in [0.1, 0.15) is 30.9 Å². The van der Waals surface area contributed by atoms with Gasteiger partial charge in [0.25, 0.3) is 0 Å². The molecule has 0 spiro atoms. The van der Waals surface area contributed by atoms with Crippen LogP contribution in [0.5, 0.6) is 11.5 Å². The van der Waals surface area contributed by atoms with Gasteiger partial charge in [0.1, 0.15) is 11.8 Å². The van der Waals surface area contributed by atoms with Gasteiger partial charge in [0.05, 0.1) is 13.7 Å². The zero-order chi connectivity index (χ0) is 24.3. The predicted octanol–water partition coefficient (Wildman–Crippen LogP) is 2.74. The summed E-state index contributed by atoms with van der Waals surface area (Å²) in [6, 6.07) is 21.4. The van der Waals surface area contributed by atoms with Crippen LogP contribution in [-0.2, 0) is 11.4 Å². The normalized spacial score (nSPS) is 14.5. The van der Waals surface area contributed by atoms with Crippen LogP contribution in [0, 0.1) is 11.9 Å². The van der Waals surface area contributed by atoms with E-state index in [9.17, 15) is 9.18 Å². The van der Waals surface area contributed by atoms with Crippen molar-refractivity contribution in [2.45, 2.75) is 32.4 Å². The van der Waals surface area contributed by atoms with E-state index in [0.29, 0.717) is 6.61 Å². The third-order valence-corrected chi connectivity index (χ3v) is 5.39. The molecule has 7 heteroatoms. The van der Waals surface area contributed by atoms with E-state index in [2.05, 4.69) is 11.4 Å². The van der Waals surface area contributed by atoms with E-state index in [1.165, 1.54) is 13.2 Å². The maximum Gasteiger partial charge on any atom is 1.00 e. The number of allylic oxidation sites excluding steroid dienone is 1. The number of hydrogen-bond donors (Lipinski definition) is 2. The Bertz CT molecular complexity index is 1100. The molecular weight excluding hydrogens is 472 g/mol. The maximum absolute atomic E-state index is 14.0. The number of benzene rings is 3. The molecular formula is C28H29FKNO4. The molecule has 1 aliphatic heterocycles. The van der Waals surface area contributed by atoms with Gasteiger partial charge in [0.2, 0.25) is 0 Å². The maximum atomic E-state index is 14.0. The van der Waals surface area contributed by atoms with E-state index in [1.807, 2.05) is 67.6 Å². The van der Waals surface area contributed by atoms with Gasteiger partial charge in [0, 0.05) is 5.56 Å². The van der Waals surface area contributed by atoms with Crippen LogP contribution < -0.4 is 66.2 Å². The van der Waals surface area contributed by atoms with Crippen LogP contribution >= 0.6 is 0 Å². The van der Waals surface area contributed by atoms with Crippen LogP contribution in [0.25, 0.3) is 17.2 Å². The van der Waals surface area contributed by atoms with E-state index >= 15 is 0 Å². The average molecular weight is 502 g/mol. The number of rotatable bonds is 7.